The van der Waals surface area contributed by atoms with E-state index in [4.69, 9.17) is 5.84 Å². The largest absolute Gasteiger partial charge is 0.323 e. The van der Waals surface area contributed by atoms with Crippen LogP contribution in [-0.4, -0.2) is 4.98 Å². The highest BCUT2D eigenvalue weighted by Crippen LogP contribution is 2.26. The molecule has 0 aliphatic carbocycles. The maximum absolute atomic E-state index is 13.3. The van der Waals surface area contributed by atoms with Gasteiger partial charge in [0.25, 0.3) is 0 Å². The second-order valence-electron chi connectivity index (χ2n) is 3.52. The van der Waals surface area contributed by atoms with Crippen LogP contribution in [0.5, 0.6) is 0 Å². The Morgan fingerprint density at radius 2 is 2.07 bits per heavy atom. The first kappa shape index (κ1) is 9.86. The van der Waals surface area contributed by atoms with Crippen molar-refractivity contribution in [3.63, 3.8) is 0 Å². The number of rotatable bonds is 1. The van der Waals surface area contributed by atoms with Crippen LogP contribution in [0.2, 0.25) is 0 Å². The van der Waals surface area contributed by atoms with Crippen LogP contribution in [0.4, 0.5) is 10.1 Å². The molecule has 15 heavy (non-hydrogen) atoms. The van der Waals surface area contributed by atoms with E-state index in [1.165, 1.54) is 6.07 Å². The van der Waals surface area contributed by atoms with Gasteiger partial charge in [0.15, 0.2) is 0 Å². The number of nitrogens with zero attached hydrogens (tertiary/aromatic N) is 1. The van der Waals surface area contributed by atoms with E-state index in [-0.39, 0.29) is 5.82 Å². The number of nitrogens with one attached hydrogen (secondary N) is 1. The summed E-state index contributed by atoms with van der Waals surface area (Å²) in [4.78, 5) is 4.31. The zero-order valence-corrected chi connectivity index (χ0v) is 8.63. The topological polar surface area (TPSA) is 50.9 Å². The van der Waals surface area contributed by atoms with Crippen molar-refractivity contribution in [1.82, 2.24) is 4.98 Å². The number of nitrogens with two attached hydrogens (primary N) is 1. The Morgan fingerprint density at radius 3 is 2.73 bits per heavy atom. The predicted molar refractivity (Wildman–Crippen MR) is 59.0 cm³/mol. The zero-order valence-electron chi connectivity index (χ0n) is 8.63. The Morgan fingerprint density at radius 1 is 1.33 bits per heavy atom. The second kappa shape index (κ2) is 3.47. The van der Waals surface area contributed by atoms with Gasteiger partial charge < -0.3 is 5.43 Å². The van der Waals surface area contributed by atoms with Crippen molar-refractivity contribution in [2.75, 3.05) is 5.43 Å². The molecule has 2 aromatic rings. The van der Waals surface area contributed by atoms with Gasteiger partial charge in [-0.2, -0.15) is 0 Å². The summed E-state index contributed by atoms with van der Waals surface area (Å²) in [5.74, 6) is 5.15. The number of hydrogen-bond acceptors (Lipinski definition) is 3. The van der Waals surface area contributed by atoms with Crippen LogP contribution in [0, 0.1) is 19.7 Å². The van der Waals surface area contributed by atoms with E-state index in [0.717, 1.165) is 16.8 Å². The fourth-order valence-corrected chi connectivity index (χ4v) is 1.65. The molecular formula is C11H12FN3. The lowest BCUT2D eigenvalue weighted by Crippen LogP contribution is -2.08. The van der Waals surface area contributed by atoms with Crippen LogP contribution in [0.1, 0.15) is 11.3 Å². The summed E-state index contributed by atoms with van der Waals surface area (Å²) in [6.07, 6.45) is 0. The number of aromatic nitrogens is 1. The van der Waals surface area contributed by atoms with Crippen LogP contribution in [0.3, 0.4) is 0 Å². The number of hydrazine groups is 1. The van der Waals surface area contributed by atoms with Gasteiger partial charge in [0.1, 0.15) is 5.82 Å². The maximum Gasteiger partial charge on any atom is 0.128 e. The van der Waals surface area contributed by atoms with Crippen molar-refractivity contribution in [3.8, 4) is 0 Å². The number of nitrogen functional groups attached to an aromatic ring is 1. The lowest BCUT2D eigenvalue weighted by atomic mass is 10.1. The highest BCUT2D eigenvalue weighted by molar-refractivity contribution is 5.93. The average molecular weight is 205 g/mol. The average Bonchev–Trinajstić information content (AvgIpc) is 2.23. The Kier molecular flexibility index (Phi) is 2.28. The third kappa shape index (κ3) is 1.53. The number of anilines is 1. The van der Waals surface area contributed by atoms with Crippen LogP contribution in [0.15, 0.2) is 18.2 Å². The molecule has 0 radical (unpaired) electrons. The van der Waals surface area contributed by atoms with Crippen molar-refractivity contribution in [2.24, 2.45) is 5.84 Å². The third-order valence-electron chi connectivity index (χ3n) is 2.45. The van der Waals surface area contributed by atoms with Gasteiger partial charge in [-0.05, 0) is 32.0 Å². The molecule has 0 atom stereocenters. The molecule has 1 aromatic heterocycles. The number of aryl methyl sites for hydroxylation is 2. The fourth-order valence-electron chi connectivity index (χ4n) is 1.65. The van der Waals surface area contributed by atoms with Crippen LogP contribution >= 0.6 is 0 Å². The molecule has 0 saturated carbocycles. The van der Waals surface area contributed by atoms with E-state index in [2.05, 4.69) is 10.4 Å². The molecule has 0 bridgehead atoms. The Balaban J connectivity index is 2.89. The first-order valence-corrected chi connectivity index (χ1v) is 4.66. The minimum Gasteiger partial charge on any atom is -0.323 e. The van der Waals surface area contributed by atoms with Gasteiger partial charge in [-0.1, -0.05) is 0 Å². The lowest BCUT2D eigenvalue weighted by molar-refractivity contribution is 0.620. The van der Waals surface area contributed by atoms with E-state index >= 15 is 0 Å². The molecule has 78 valence electrons. The number of hydrogen-bond donors (Lipinski definition) is 2. The van der Waals surface area contributed by atoms with E-state index in [9.17, 15) is 4.39 Å². The highest BCUT2D eigenvalue weighted by atomic mass is 19.1. The fraction of sp³-hybridized carbons (Fsp3) is 0.182. The predicted octanol–water partition coefficient (Wildman–Crippen LogP) is 2.28. The van der Waals surface area contributed by atoms with Crippen molar-refractivity contribution in [1.29, 1.82) is 0 Å². The molecule has 4 heteroatoms. The molecule has 3 N–H and O–H groups in total. The summed E-state index contributed by atoms with van der Waals surface area (Å²) in [7, 11) is 0. The first-order chi connectivity index (χ1) is 7.13. The van der Waals surface area contributed by atoms with Crippen molar-refractivity contribution in [3.05, 3.63) is 35.3 Å². The molecule has 0 fully saturated rings. The molecule has 0 aliphatic heterocycles. The van der Waals surface area contributed by atoms with Gasteiger partial charge in [0.05, 0.1) is 11.2 Å². The molecule has 0 amide bonds. The van der Waals surface area contributed by atoms with E-state index < -0.39 is 0 Å². The molecule has 0 saturated heterocycles. The molecule has 3 nitrogen and oxygen atoms in total. The summed E-state index contributed by atoms with van der Waals surface area (Å²) in [6.45, 7) is 3.56. The van der Waals surface area contributed by atoms with E-state index in [1.54, 1.807) is 13.0 Å². The minimum atomic E-state index is -0.247. The van der Waals surface area contributed by atoms with Gasteiger partial charge in [0.2, 0.25) is 0 Å². The maximum atomic E-state index is 13.3. The SMILES string of the molecule is Cc1cc(NN)c2ccc(F)c(C)c2n1. The summed E-state index contributed by atoms with van der Waals surface area (Å²) in [5.41, 5.74) is 5.37. The summed E-state index contributed by atoms with van der Waals surface area (Å²) < 4.78 is 13.3. The lowest BCUT2D eigenvalue weighted by Gasteiger charge is -2.09. The molecule has 2 rings (SSSR count). The summed E-state index contributed by atoms with van der Waals surface area (Å²) in [6, 6.07) is 4.94. The van der Waals surface area contributed by atoms with Gasteiger partial charge in [-0.3, -0.25) is 10.8 Å². The Bertz CT molecular complexity index is 523. The molecular weight excluding hydrogens is 193 g/mol. The summed E-state index contributed by atoms with van der Waals surface area (Å²) in [5, 5.41) is 0.835. The van der Waals surface area contributed by atoms with Gasteiger partial charge in [0, 0.05) is 16.6 Å². The Hall–Kier alpha value is -1.68. The monoisotopic (exact) mass is 205 g/mol. The smallest absolute Gasteiger partial charge is 0.128 e. The molecule has 0 spiro atoms. The highest BCUT2D eigenvalue weighted by Gasteiger charge is 2.08. The normalized spacial score (nSPS) is 10.7. The minimum absolute atomic E-state index is 0.247. The van der Waals surface area contributed by atoms with Gasteiger partial charge >= 0.3 is 0 Å². The molecule has 0 unspecified atom stereocenters. The van der Waals surface area contributed by atoms with E-state index in [0.29, 0.717) is 11.1 Å². The first-order valence-electron chi connectivity index (χ1n) is 4.66. The quantitative estimate of drug-likeness (QED) is 0.554. The van der Waals surface area contributed by atoms with Crippen LogP contribution in [0.25, 0.3) is 10.9 Å². The molecule has 0 aliphatic rings. The number of pyridine rings is 1. The van der Waals surface area contributed by atoms with Gasteiger partial charge in [-0.15, -0.1) is 0 Å². The molecule has 1 aromatic carbocycles. The van der Waals surface area contributed by atoms with Crippen LogP contribution < -0.4 is 11.3 Å². The number of fused-ring (bicyclic) bond motifs is 1. The van der Waals surface area contributed by atoms with E-state index in [1.807, 2.05) is 13.0 Å². The van der Waals surface area contributed by atoms with Crippen LogP contribution in [-0.2, 0) is 0 Å². The number of halogens is 1. The third-order valence-corrected chi connectivity index (χ3v) is 2.45. The standard InChI is InChI=1S/C11H12FN3/c1-6-5-10(15-13)8-3-4-9(12)7(2)11(8)14-6/h3-5H,13H2,1-2H3,(H,14,15). The number of benzene rings is 1. The van der Waals surface area contributed by atoms with Gasteiger partial charge in [-0.25, -0.2) is 4.39 Å². The zero-order chi connectivity index (χ0) is 11.0. The second-order valence-corrected chi connectivity index (χ2v) is 3.52. The van der Waals surface area contributed by atoms with Crippen molar-refractivity contribution in [2.45, 2.75) is 13.8 Å². The molecule has 1 heterocycles. The van der Waals surface area contributed by atoms with Crippen molar-refractivity contribution < 1.29 is 4.39 Å². The van der Waals surface area contributed by atoms with Crippen molar-refractivity contribution >= 4 is 16.6 Å². The summed E-state index contributed by atoms with van der Waals surface area (Å²) >= 11 is 0. The Labute approximate surface area is 87.1 Å².